The molecular formula is C25H34F2O2. The Bertz CT molecular complexity index is 714. The van der Waals surface area contributed by atoms with Crippen LogP contribution in [0.5, 0.6) is 11.5 Å². The first kappa shape index (κ1) is 23.2. The van der Waals surface area contributed by atoms with Gasteiger partial charge in [-0.05, 0) is 42.7 Å². The molecule has 0 spiro atoms. The molecule has 0 unspecified atom stereocenters. The van der Waals surface area contributed by atoms with Crippen molar-refractivity contribution in [2.45, 2.75) is 71.6 Å². The predicted molar refractivity (Wildman–Crippen MR) is 116 cm³/mol. The van der Waals surface area contributed by atoms with E-state index in [1.165, 1.54) is 25.3 Å². The van der Waals surface area contributed by atoms with Crippen molar-refractivity contribution in [3.05, 3.63) is 48.0 Å². The van der Waals surface area contributed by atoms with Crippen molar-refractivity contribution < 1.29 is 18.3 Å². The summed E-state index contributed by atoms with van der Waals surface area (Å²) in [6, 6.07) is 10.2. The lowest BCUT2D eigenvalue weighted by Gasteiger charge is -2.11. The summed E-state index contributed by atoms with van der Waals surface area (Å²) in [7, 11) is 0. The fraction of sp³-hybridized carbons (Fsp3) is 0.520. The molecule has 2 nitrogen and oxygen atoms in total. The number of hydrogen-bond acceptors (Lipinski definition) is 2. The van der Waals surface area contributed by atoms with Gasteiger partial charge in [0.15, 0.2) is 11.6 Å². The Labute approximate surface area is 174 Å². The van der Waals surface area contributed by atoms with Gasteiger partial charge in [-0.1, -0.05) is 70.9 Å². The molecule has 0 N–H and O–H groups in total. The molecule has 0 saturated carbocycles. The number of ether oxygens (including phenoxy) is 2. The SMILES string of the molecule is CCCCCCCCOc1ccc(-c2ccc(OCCCCC)cc2)c(F)c1F. The molecule has 2 aromatic carbocycles. The normalized spacial score (nSPS) is 10.9. The van der Waals surface area contributed by atoms with Crippen LogP contribution in [0.3, 0.4) is 0 Å². The van der Waals surface area contributed by atoms with Gasteiger partial charge in [-0.3, -0.25) is 0 Å². The van der Waals surface area contributed by atoms with Crippen molar-refractivity contribution >= 4 is 0 Å². The maximum atomic E-state index is 14.6. The average molecular weight is 405 g/mol. The molecule has 160 valence electrons. The largest absolute Gasteiger partial charge is 0.494 e. The van der Waals surface area contributed by atoms with E-state index in [1.54, 1.807) is 30.3 Å². The standard InChI is InChI=1S/C25H34F2O2/c1-3-5-7-8-9-11-19-29-23-17-16-22(24(26)25(23)27)20-12-14-21(15-13-20)28-18-10-6-4-2/h12-17H,3-11,18-19H2,1-2H3. The van der Waals surface area contributed by atoms with Gasteiger partial charge in [-0.15, -0.1) is 0 Å². The third-order valence-corrected chi connectivity index (χ3v) is 4.98. The van der Waals surface area contributed by atoms with E-state index >= 15 is 0 Å². The Morgan fingerprint density at radius 1 is 0.621 bits per heavy atom. The molecule has 0 saturated heterocycles. The molecule has 0 bridgehead atoms. The van der Waals surface area contributed by atoms with E-state index in [0.29, 0.717) is 18.8 Å². The van der Waals surface area contributed by atoms with Crippen LogP contribution in [0.15, 0.2) is 36.4 Å². The van der Waals surface area contributed by atoms with Crippen LogP contribution in [0.4, 0.5) is 8.78 Å². The third-order valence-electron chi connectivity index (χ3n) is 4.98. The Balaban J connectivity index is 1.89. The quantitative estimate of drug-likeness (QED) is 0.298. The average Bonchev–Trinajstić information content (AvgIpc) is 2.74. The summed E-state index contributed by atoms with van der Waals surface area (Å²) in [5, 5.41) is 0. The second kappa shape index (κ2) is 13.2. The van der Waals surface area contributed by atoms with Gasteiger partial charge in [-0.2, -0.15) is 4.39 Å². The van der Waals surface area contributed by atoms with Crippen molar-refractivity contribution in [1.82, 2.24) is 0 Å². The second-order valence-electron chi connectivity index (χ2n) is 7.44. The maximum absolute atomic E-state index is 14.6. The Kier molecular flexibility index (Phi) is 10.5. The van der Waals surface area contributed by atoms with Crippen LogP contribution in [-0.4, -0.2) is 13.2 Å². The summed E-state index contributed by atoms with van der Waals surface area (Å²) in [4.78, 5) is 0. The van der Waals surface area contributed by atoms with Gasteiger partial charge in [-0.25, -0.2) is 4.39 Å². The van der Waals surface area contributed by atoms with E-state index in [4.69, 9.17) is 9.47 Å². The zero-order valence-corrected chi connectivity index (χ0v) is 17.8. The first-order valence-corrected chi connectivity index (χ1v) is 11.0. The van der Waals surface area contributed by atoms with Crippen LogP contribution in [-0.2, 0) is 0 Å². The number of halogens is 2. The first-order chi connectivity index (χ1) is 14.2. The summed E-state index contributed by atoms with van der Waals surface area (Å²) in [5.41, 5.74) is 0.844. The minimum atomic E-state index is -0.923. The van der Waals surface area contributed by atoms with E-state index in [-0.39, 0.29) is 11.3 Å². The minimum Gasteiger partial charge on any atom is -0.494 e. The van der Waals surface area contributed by atoms with Gasteiger partial charge in [0.05, 0.1) is 13.2 Å². The number of hydrogen-bond donors (Lipinski definition) is 0. The van der Waals surface area contributed by atoms with Crippen molar-refractivity contribution in [2.75, 3.05) is 13.2 Å². The zero-order chi connectivity index (χ0) is 20.9. The van der Waals surface area contributed by atoms with Gasteiger partial charge in [0.25, 0.3) is 0 Å². The number of rotatable bonds is 14. The van der Waals surface area contributed by atoms with Crippen molar-refractivity contribution in [3.8, 4) is 22.6 Å². The van der Waals surface area contributed by atoms with E-state index < -0.39 is 11.6 Å². The van der Waals surface area contributed by atoms with Gasteiger partial charge in [0, 0.05) is 5.56 Å². The summed E-state index contributed by atoms with van der Waals surface area (Å²) >= 11 is 0. The van der Waals surface area contributed by atoms with Crippen molar-refractivity contribution in [2.24, 2.45) is 0 Å². The Morgan fingerprint density at radius 3 is 1.93 bits per heavy atom. The van der Waals surface area contributed by atoms with Crippen molar-refractivity contribution in [1.29, 1.82) is 0 Å². The molecule has 0 fully saturated rings. The third kappa shape index (κ3) is 7.68. The first-order valence-electron chi connectivity index (χ1n) is 11.0. The van der Waals surface area contributed by atoms with Crippen LogP contribution >= 0.6 is 0 Å². The van der Waals surface area contributed by atoms with E-state index in [1.807, 2.05) is 0 Å². The zero-order valence-electron chi connectivity index (χ0n) is 17.8. The van der Waals surface area contributed by atoms with Crippen molar-refractivity contribution in [3.63, 3.8) is 0 Å². The highest BCUT2D eigenvalue weighted by molar-refractivity contribution is 5.66. The predicted octanol–water partition coefficient (Wildman–Crippen LogP) is 7.94. The molecule has 29 heavy (non-hydrogen) atoms. The molecule has 4 heteroatoms. The van der Waals surface area contributed by atoms with Crippen LogP contribution in [0, 0.1) is 11.6 Å². The van der Waals surface area contributed by atoms with E-state index in [9.17, 15) is 8.78 Å². The molecule has 0 aromatic heterocycles. The van der Waals surface area contributed by atoms with Gasteiger partial charge in [0.1, 0.15) is 5.75 Å². The highest BCUT2D eigenvalue weighted by Crippen LogP contribution is 2.31. The fourth-order valence-electron chi connectivity index (χ4n) is 3.20. The van der Waals surface area contributed by atoms with E-state index in [2.05, 4.69) is 13.8 Å². The molecule has 0 atom stereocenters. The summed E-state index contributed by atoms with van der Waals surface area (Å²) < 4.78 is 40.1. The lowest BCUT2D eigenvalue weighted by Crippen LogP contribution is -2.02. The topological polar surface area (TPSA) is 18.5 Å². The maximum Gasteiger partial charge on any atom is 0.201 e. The summed E-state index contributed by atoms with van der Waals surface area (Å²) in [5.74, 6) is -1.07. The molecule has 0 aliphatic heterocycles. The minimum absolute atomic E-state index is 0.0179. The van der Waals surface area contributed by atoms with Gasteiger partial charge < -0.3 is 9.47 Å². The summed E-state index contributed by atoms with van der Waals surface area (Å²) in [6.45, 7) is 5.40. The van der Waals surface area contributed by atoms with Gasteiger partial charge >= 0.3 is 0 Å². The fourth-order valence-corrected chi connectivity index (χ4v) is 3.20. The molecule has 0 amide bonds. The molecule has 2 rings (SSSR count). The molecule has 0 heterocycles. The lowest BCUT2D eigenvalue weighted by atomic mass is 10.0. The molecule has 0 radical (unpaired) electrons. The highest BCUT2D eigenvalue weighted by Gasteiger charge is 2.16. The summed E-state index contributed by atoms with van der Waals surface area (Å²) in [6.07, 6.45) is 10.0. The number of unbranched alkanes of at least 4 members (excludes halogenated alkanes) is 7. The number of benzene rings is 2. The van der Waals surface area contributed by atoms with Crippen LogP contribution in [0.2, 0.25) is 0 Å². The second-order valence-corrected chi connectivity index (χ2v) is 7.44. The molecule has 0 aliphatic rings. The lowest BCUT2D eigenvalue weighted by molar-refractivity contribution is 0.285. The molecular weight excluding hydrogens is 370 g/mol. The van der Waals surface area contributed by atoms with Crippen LogP contribution in [0.1, 0.15) is 71.6 Å². The Morgan fingerprint density at radius 2 is 1.21 bits per heavy atom. The van der Waals surface area contributed by atoms with Crippen LogP contribution < -0.4 is 9.47 Å². The Hall–Kier alpha value is -2.10. The van der Waals surface area contributed by atoms with E-state index in [0.717, 1.165) is 44.3 Å². The highest BCUT2D eigenvalue weighted by atomic mass is 19.2. The monoisotopic (exact) mass is 404 g/mol. The molecule has 2 aromatic rings. The molecule has 0 aliphatic carbocycles. The van der Waals surface area contributed by atoms with Crippen LogP contribution in [0.25, 0.3) is 11.1 Å². The smallest absolute Gasteiger partial charge is 0.201 e. The van der Waals surface area contributed by atoms with Gasteiger partial charge in [0.2, 0.25) is 5.82 Å².